The van der Waals surface area contributed by atoms with Crippen molar-refractivity contribution in [1.82, 2.24) is 4.57 Å². The third kappa shape index (κ3) is 1.69. The van der Waals surface area contributed by atoms with Crippen LogP contribution in [-0.4, -0.2) is 10.4 Å². The van der Waals surface area contributed by atoms with Crippen LogP contribution in [0.4, 0.5) is 0 Å². The van der Waals surface area contributed by atoms with E-state index >= 15 is 0 Å². The van der Waals surface area contributed by atoms with Gasteiger partial charge in [-0.25, -0.2) is 0 Å². The third-order valence-corrected chi connectivity index (χ3v) is 3.92. The predicted molar refractivity (Wildman–Crippen MR) is 72.0 cm³/mol. The summed E-state index contributed by atoms with van der Waals surface area (Å²) in [7, 11) is 2.03. The van der Waals surface area contributed by atoms with Crippen LogP contribution in [0.25, 0.3) is 0 Å². The van der Waals surface area contributed by atoms with Gasteiger partial charge in [-0.05, 0) is 30.4 Å². The highest BCUT2D eigenvalue weighted by molar-refractivity contribution is 6.00. The van der Waals surface area contributed by atoms with Crippen molar-refractivity contribution in [2.24, 2.45) is 7.05 Å². The van der Waals surface area contributed by atoms with Crippen molar-refractivity contribution in [1.29, 1.82) is 0 Å². The number of carbonyl (C=O) groups is 1. The lowest BCUT2D eigenvalue weighted by Crippen LogP contribution is -2.20. The van der Waals surface area contributed by atoms with Gasteiger partial charge in [-0.15, -0.1) is 0 Å². The number of aryl methyl sites for hydroxylation is 2. The fourth-order valence-corrected chi connectivity index (χ4v) is 3.06. The minimum atomic E-state index is 0.295. The van der Waals surface area contributed by atoms with Crippen molar-refractivity contribution < 1.29 is 4.79 Å². The minimum absolute atomic E-state index is 0.295. The Hall–Kier alpha value is -1.83. The summed E-state index contributed by atoms with van der Waals surface area (Å²) in [5, 5.41) is 0. The number of ketones is 1. The van der Waals surface area contributed by atoms with Crippen molar-refractivity contribution in [3.8, 4) is 0 Å². The summed E-state index contributed by atoms with van der Waals surface area (Å²) in [6, 6.07) is 10.4. The molecule has 2 aromatic rings. The van der Waals surface area contributed by atoms with Gasteiger partial charge >= 0.3 is 0 Å². The number of aromatic nitrogens is 1. The fraction of sp³-hybridized carbons (Fsp3) is 0.312. The molecule has 18 heavy (non-hydrogen) atoms. The van der Waals surface area contributed by atoms with Crippen molar-refractivity contribution in [2.75, 3.05) is 0 Å². The molecule has 0 aliphatic heterocycles. The van der Waals surface area contributed by atoms with Crippen LogP contribution in [0, 0.1) is 6.92 Å². The standard InChI is InChI=1S/C16H17NO/c1-11-10-17(2)14-8-13(9-15(18)16(11)14)12-6-4-3-5-7-12/h3-7,10,13H,8-9H2,1-2H3. The first-order valence-electron chi connectivity index (χ1n) is 6.39. The molecular formula is C16H17NO. The first-order valence-corrected chi connectivity index (χ1v) is 6.39. The second kappa shape index (κ2) is 4.13. The summed E-state index contributed by atoms with van der Waals surface area (Å²) < 4.78 is 2.11. The molecule has 1 aliphatic carbocycles. The van der Waals surface area contributed by atoms with Crippen LogP contribution in [-0.2, 0) is 13.5 Å². The van der Waals surface area contributed by atoms with Gasteiger partial charge in [0, 0.05) is 30.9 Å². The minimum Gasteiger partial charge on any atom is -0.353 e. The topological polar surface area (TPSA) is 22.0 Å². The number of hydrogen-bond donors (Lipinski definition) is 0. The van der Waals surface area contributed by atoms with E-state index in [1.165, 1.54) is 11.3 Å². The number of carbonyl (C=O) groups excluding carboxylic acids is 1. The second-order valence-corrected chi connectivity index (χ2v) is 5.18. The van der Waals surface area contributed by atoms with E-state index in [9.17, 15) is 4.79 Å². The molecule has 92 valence electrons. The van der Waals surface area contributed by atoms with Gasteiger partial charge in [0.25, 0.3) is 0 Å². The Bertz CT molecular complexity index is 595. The van der Waals surface area contributed by atoms with Gasteiger partial charge in [0.05, 0.1) is 0 Å². The quantitative estimate of drug-likeness (QED) is 0.748. The van der Waals surface area contributed by atoms with Crippen molar-refractivity contribution >= 4 is 5.78 Å². The van der Waals surface area contributed by atoms with Gasteiger partial charge in [-0.3, -0.25) is 4.79 Å². The van der Waals surface area contributed by atoms with E-state index in [0.29, 0.717) is 18.1 Å². The van der Waals surface area contributed by atoms with Gasteiger partial charge in [0.2, 0.25) is 0 Å². The average Bonchev–Trinajstić information content (AvgIpc) is 2.66. The maximum Gasteiger partial charge on any atom is 0.165 e. The molecule has 2 heteroatoms. The van der Waals surface area contributed by atoms with Crippen molar-refractivity contribution in [3.63, 3.8) is 0 Å². The summed E-state index contributed by atoms with van der Waals surface area (Å²) in [6.45, 7) is 2.03. The average molecular weight is 239 g/mol. The highest BCUT2D eigenvalue weighted by atomic mass is 16.1. The molecule has 0 N–H and O–H groups in total. The zero-order valence-electron chi connectivity index (χ0n) is 10.8. The number of nitrogens with zero attached hydrogens (tertiary/aromatic N) is 1. The number of rotatable bonds is 1. The number of benzene rings is 1. The molecule has 0 saturated heterocycles. The van der Waals surface area contributed by atoms with E-state index in [4.69, 9.17) is 0 Å². The number of fused-ring (bicyclic) bond motifs is 1. The highest BCUT2D eigenvalue weighted by Gasteiger charge is 2.29. The molecule has 1 unspecified atom stereocenters. The van der Waals surface area contributed by atoms with Gasteiger partial charge in [-0.2, -0.15) is 0 Å². The van der Waals surface area contributed by atoms with Crippen LogP contribution in [0.3, 0.4) is 0 Å². The number of hydrogen-bond acceptors (Lipinski definition) is 1. The molecule has 2 nitrogen and oxygen atoms in total. The van der Waals surface area contributed by atoms with Gasteiger partial charge in [0.1, 0.15) is 0 Å². The largest absolute Gasteiger partial charge is 0.353 e. The molecule has 1 aromatic carbocycles. The van der Waals surface area contributed by atoms with Crippen LogP contribution >= 0.6 is 0 Å². The Labute approximate surface area is 107 Å². The van der Waals surface area contributed by atoms with Crippen LogP contribution in [0.15, 0.2) is 36.5 Å². The molecule has 0 saturated carbocycles. The lowest BCUT2D eigenvalue weighted by Gasteiger charge is -2.23. The van der Waals surface area contributed by atoms with Crippen LogP contribution in [0.1, 0.15) is 39.5 Å². The van der Waals surface area contributed by atoms with Crippen molar-refractivity contribution in [2.45, 2.75) is 25.7 Å². The Morgan fingerprint density at radius 1 is 1.17 bits per heavy atom. The van der Waals surface area contributed by atoms with E-state index < -0.39 is 0 Å². The first-order chi connectivity index (χ1) is 8.66. The summed E-state index contributed by atoms with van der Waals surface area (Å²) in [4.78, 5) is 12.3. The molecule has 0 bridgehead atoms. The fourth-order valence-electron chi connectivity index (χ4n) is 3.06. The van der Waals surface area contributed by atoms with Crippen LogP contribution in [0.2, 0.25) is 0 Å². The van der Waals surface area contributed by atoms with E-state index in [0.717, 1.165) is 17.5 Å². The smallest absolute Gasteiger partial charge is 0.165 e. The van der Waals surface area contributed by atoms with Gasteiger partial charge in [0.15, 0.2) is 5.78 Å². The molecule has 0 amide bonds. The normalized spacial score (nSPS) is 18.8. The second-order valence-electron chi connectivity index (χ2n) is 5.18. The van der Waals surface area contributed by atoms with Crippen LogP contribution < -0.4 is 0 Å². The van der Waals surface area contributed by atoms with Gasteiger partial charge in [-0.1, -0.05) is 30.3 Å². The van der Waals surface area contributed by atoms with E-state index in [-0.39, 0.29) is 0 Å². The molecule has 1 aromatic heterocycles. The molecule has 0 radical (unpaired) electrons. The summed E-state index contributed by atoms with van der Waals surface area (Å²) in [5.41, 5.74) is 4.54. The molecule has 1 heterocycles. The summed E-state index contributed by atoms with van der Waals surface area (Å²) >= 11 is 0. The summed E-state index contributed by atoms with van der Waals surface area (Å²) in [6.07, 6.45) is 3.67. The zero-order chi connectivity index (χ0) is 12.7. The Kier molecular flexibility index (Phi) is 2.58. The van der Waals surface area contributed by atoms with E-state index in [1.54, 1.807) is 0 Å². The maximum absolute atomic E-state index is 12.3. The zero-order valence-corrected chi connectivity index (χ0v) is 10.8. The first kappa shape index (κ1) is 11.3. The van der Waals surface area contributed by atoms with E-state index in [2.05, 4.69) is 22.9 Å². The molecule has 0 spiro atoms. The lowest BCUT2D eigenvalue weighted by molar-refractivity contribution is 0.0963. The Morgan fingerprint density at radius 3 is 2.61 bits per heavy atom. The highest BCUT2D eigenvalue weighted by Crippen LogP contribution is 2.34. The lowest BCUT2D eigenvalue weighted by atomic mass is 9.81. The van der Waals surface area contributed by atoms with Crippen LogP contribution in [0.5, 0.6) is 0 Å². The van der Waals surface area contributed by atoms with Crippen molar-refractivity contribution in [3.05, 3.63) is 58.9 Å². The molecule has 1 atom stereocenters. The molecule has 3 rings (SSSR count). The molecule has 0 fully saturated rings. The Morgan fingerprint density at radius 2 is 1.89 bits per heavy atom. The molecule has 1 aliphatic rings. The predicted octanol–water partition coefficient (Wildman–Crippen LogP) is 3.25. The third-order valence-electron chi connectivity index (χ3n) is 3.92. The molecular weight excluding hydrogens is 222 g/mol. The summed E-state index contributed by atoms with van der Waals surface area (Å²) in [5.74, 6) is 0.627. The Balaban J connectivity index is 2.02. The maximum atomic E-state index is 12.3. The van der Waals surface area contributed by atoms with E-state index in [1.807, 2.05) is 32.2 Å². The van der Waals surface area contributed by atoms with Gasteiger partial charge < -0.3 is 4.57 Å². The SMILES string of the molecule is Cc1cn(C)c2c1C(=O)CC(c1ccccc1)C2. The number of Topliss-reactive ketones (excluding diaryl/α,β-unsaturated/α-hetero) is 1. The monoisotopic (exact) mass is 239 g/mol.